The van der Waals surface area contributed by atoms with Crippen LogP contribution in [0.25, 0.3) is 0 Å². The molecule has 0 fully saturated rings. The molecule has 3 rings (SSSR count). The van der Waals surface area contributed by atoms with Crippen molar-refractivity contribution in [3.63, 3.8) is 0 Å². The molecule has 0 aliphatic carbocycles. The van der Waals surface area contributed by atoms with Gasteiger partial charge in [-0.15, -0.1) is 0 Å². The lowest BCUT2D eigenvalue weighted by Crippen LogP contribution is -2.31. The maximum Gasteiger partial charge on any atom is 0.231 e. The highest BCUT2D eigenvalue weighted by molar-refractivity contribution is 6.01. The van der Waals surface area contributed by atoms with E-state index in [4.69, 9.17) is 4.74 Å². The first-order valence-corrected chi connectivity index (χ1v) is 6.51. The van der Waals surface area contributed by atoms with E-state index in [1.165, 1.54) is 6.07 Å². The van der Waals surface area contributed by atoms with Gasteiger partial charge >= 0.3 is 0 Å². The lowest BCUT2D eigenvalue weighted by molar-refractivity contribution is -0.117. The minimum Gasteiger partial charge on any atom is -0.489 e. The van der Waals surface area contributed by atoms with E-state index >= 15 is 0 Å². The van der Waals surface area contributed by atoms with E-state index in [2.05, 4.69) is 0 Å². The average Bonchev–Trinajstić information content (AvgIpc) is 2.77. The van der Waals surface area contributed by atoms with Gasteiger partial charge in [0, 0.05) is 5.69 Å². The summed E-state index contributed by atoms with van der Waals surface area (Å²) in [5.74, 6) is -0.114. The van der Waals surface area contributed by atoms with Crippen molar-refractivity contribution in [1.82, 2.24) is 0 Å². The first-order chi connectivity index (χ1) is 9.75. The van der Waals surface area contributed by atoms with Crippen LogP contribution in [-0.2, 0) is 11.2 Å². The minimum atomic E-state index is -0.388. The first kappa shape index (κ1) is 12.7. The molecule has 0 bridgehead atoms. The van der Waals surface area contributed by atoms with E-state index in [-0.39, 0.29) is 24.1 Å². The van der Waals surface area contributed by atoms with Gasteiger partial charge < -0.3 is 9.64 Å². The highest BCUT2D eigenvalue weighted by atomic mass is 19.1. The summed E-state index contributed by atoms with van der Waals surface area (Å²) in [5.41, 5.74) is 1.96. The number of fused-ring (bicyclic) bond motifs is 1. The van der Waals surface area contributed by atoms with Crippen molar-refractivity contribution in [2.45, 2.75) is 6.42 Å². The fourth-order valence-electron chi connectivity index (χ4n) is 2.37. The molecule has 102 valence electrons. The van der Waals surface area contributed by atoms with Gasteiger partial charge in [-0.1, -0.05) is 30.3 Å². The molecule has 1 heterocycles. The molecular weight excluding hydrogens is 257 g/mol. The van der Waals surface area contributed by atoms with Gasteiger partial charge in [-0.2, -0.15) is 0 Å². The van der Waals surface area contributed by atoms with Gasteiger partial charge in [0.25, 0.3) is 0 Å². The van der Waals surface area contributed by atoms with Crippen LogP contribution in [0.2, 0.25) is 0 Å². The van der Waals surface area contributed by atoms with Crippen molar-refractivity contribution >= 4 is 11.6 Å². The summed E-state index contributed by atoms with van der Waals surface area (Å²) in [4.78, 5) is 13.6. The Labute approximate surface area is 116 Å². The van der Waals surface area contributed by atoms with Crippen LogP contribution in [-0.4, -0.2) is 19.1 Å². The number of hydrogen-bond acceptors (Lipinski definition) is 2. The summed E-state index contributed by atoms with van der Waals surface area (Å²) in [5, 5.41) is 0. The minimum absolute atomic E-state index is 0.0586. The van der Waals surface area contributed by atoms with Crippen molar-refractivity contribution in [1.29, 1.82) is 0 Å². The summed E-state index contributed by atoms with van der Waals surface area (Å²) in [6.45, 7) is 0.686. The van der Waals surface area contributed by atoms with Crippen LogP contribution in [0, 0.1) is 5.82 Å². The SMILES string of the molecule is O=C1Cc2ccccc2N1CCOc1ccccc1F. The molecular formula is C16H14FNO2. The maximum atomic E-state index is 13.4. The summed E-state index contributed by atoms with van der Waals surface area (Å²) >= 11 is 0. The predicted molar refractivity (Wildman–Crippen MR) is 74.4 cm³/mol. The van der Waals surface area contributed by atoms with Gasteiger partial charge in [-0.05, 0) is 23.8 Å². The zero-order chi connectivity index (χ0) is 13.9. The number of halogens is 1. The number of hydrogen-bond donors (Lipinski definition) is 0. The van der Waals surface area contributed by atoms with Gasteiger partial charge in [-0.3, -0.25) is 4.79 Å². The molecule has 1 aliphatic rings. The molecule has 2 aromatic carbocycles. The van der Waals surface area contributed by atoms with E-state index in [0.717, 1.165) is 11.3 Å². The zero-order valence-corrected chi connectivity index (χ0v) is 10.9. The Balaban J connectivity index is 1.65. The van der Waals surface area contributed by atoms with Crippen molar-refractivity contribution in [2.75, 3.05) is 18.1 Å². The predicted octanol–water partition coefficient (Wildman–Crippen LogP) is 2.79. The molecule has 1 aliphatic heterocycles. The second-order valence-corrected chi connectivity index (χ2v) is 4.63. The normalized spacial score (nSPS) is 13.4. The Kier molecular flexibility index (Phi) is 3.37. The van der Waals surface area contributed by atoms with E-state index in [9.17, 15) is 9.18 Å². The number of ether oxygens (including phenoxy) is 1. The maximum absolute atomic E-state index is 13.4. The quantitative estimate of drug-likeness (QED) is 0.855. The van der Waals surface area contributed by atoms with Gasteiger partial charge in [-0.25, -0.2) is 4.39 Å². The molecule has 0 saturated heterocycles. The molecule has 20 heavy (non-hydrogen) atoms. The third-order valence-corrected chi connectivity index (χ3v) is 3.33. The second-order valence-electron chi connectivity index (χ2n) is 4.63. The molecule has 2 aromatic rings. The van der Waals surface area contributed by atoms with E-state index in [1.54, 1.807) is 23.1 Å². The Morgan fingerprint density at radius 1 is 1.10 bits per heavy atom. The van der Waals surface area contributed by atoms with Crippen molar-refractivity contribution in [3.8, 4) is 5.75 Å². The monoisotopic (exact) mass is 271 g/mol. The zero-order valence-electron chi connectivity index (χ0n) is 10.9. The second kappa shape index (κ2) is 5.33. The molecule has 4 heteroatoms. The highest BCUT2D eigenvalue weighted by Gasteiger charge is 2.26. The van der Waals surface area contributed by atoms with Crippen molar-refractivity contribution < 1.29 is 13.9 Å². The number of carbonyl (C=O) groups excluding carboxylic acids is 1. The van der Waals surface area contributed by atoms with Crippen LogP contribution >= 0.6 is 0 Å². The molecule has 0 aromatic heterocycles. The molecule has 1 amide bonds. The smallest absolute Gasteiger partial charge is 0.231 e. The topological polar surface area (TPSA) is 29.5 Å². The van der Waals surface area contributed by atoms with Gasteiger partial charge in [0.15, 0.2) is 11.6 Å². The number of carbonyl (C=O) groups is 1. The molecule has 0 spiro atoms. The first-order valence-electron chi connectivity index (χ1n) is 6.51. The third kappa shape index (κ3) is 2.37. The van der Waals surface area contributed by atoms with Crippen molar-refractivity contribution in [3.05, 3.63) is 59.9 Å². The summed E-state index contributed by atoms with van der Waals surface area (Å²) in [6, 6.07) is 14.0. The van der Waals surface area contributed by atoms with Gasteiger partial charge in [0.2, 0.25) is 5.91 Å². The Bertz CT molecular complexity index is 642. The fraction of sp³-hybridized carbons (Fsp3) is 0.188. The lowest BCUT2D eigenvalue weighted by atomic mass is 10.2. The highest BCUT2D eigenvalue weighted by Crippen LogP contribution is 2.28. The van der Waals surface area contributed by atoms with Gasteiger partial charge in [0.1, 0.15) is 6.61 Å². The fourth-order valence-corrected chi connectivity index (χ4v) is 2.37. The van der Waals surface area contributed by atoms with Crippen LogP contribution in [0.15, 0.2) is 48.5 Å². The van der Waals surface area contributed by atoms with Crippen molar-refractivity contribution in [2.24, 2.45) is 0 Å². The Hall–Kier alpha value is -2.36. The van der Waals surface area contributed by atoms with Gasteiger partial charge in [0.05, 0.1) is 13.0 Å². The molecule has 0 N–H and O–H groups in total. The molecule has 0 atom stereocenters. The van der Waals surface area contributed by atoms with Crippen LogP contribution < -0.4 is 9.64 Å². The Morgan fingerprint density at radius 2 is 1.85 bits per heavy atom. The standard InChI is InChI=1S/C16H14FNO2/c17-13-6-2-4-8-15(13)20-10-9-18-14-7-3-1-5-12(14)11-16(18)19/h1-8H,9-11H2. The molecule has 0 unspecified atom stereocenters. The lowest BCUT2D eigenvalue weighted by Gasteiger charge is -2.17. The number of rotatable bonds is 4. The molecule has 0 saturated carbocycles. The largest absolute Gasteiger partial charge is 0.489 e. The van der Waals surface area contributed by atoms with Crippen LogP contribution in [0.1, 0.15) is 5.56 Å². The number of benzene rings is 2. The summed E-state index contributed by atoms with van der Waals surface area (Å²) in [6.07, 6.45) is 0.426. The third-order valence-electron chi connectivity index (χ3n) is 3.33. The molecule has 0 radical (unpaired) electrons. The Morgan fingerprint density at radius 3 is 2.70 bits per heavy atom. The number of nitrogens with zero attached hydrogens (tertiary/aromatic N) is 1. The number of para-hydroxylation sites is 2. The van der Waals surface area contributed by atoms with E-state index in [0.29, 0.717) is 13.0 Å². The number of amides is 1. The number of anilines is 1. The van der Waals surface area contributed by atoms with E-state index in [1.807, 2.05) is 24.3 Å². The molecule has 3 nitrogen and oxygen atoms in total. The summed E-state index contributed by atoms with van der Waals surface area (Å²) in [7, 11) is 0. The summed E-state index contributed by atoms with van der Waals surface area (Å²) < 4.78 is 18.8. The van der Waals surface area contributed by atoms with Crippen LogP contribution in [0.5, 0.6) is 5.75 Å². The van der Waals surface area contributed by atoms with Crippen LogP contribution in [0.3, 0.4) is 0 Å². The van der Waals surface area contributed by atoms with E-state index < -0.39 is 0 Å². The average molecular weight is 271 g/mol. The van der Waals surface area contributed by atoms with Crippen LogP contribution in [0.4, 0.5) is 10.1 Å².